The summed E-state index contributed by atoms with van der Waals surface area (Å²) >= 11 is 1.74. The van der Waals surface area contributed by atoms with Crippen molar-refractivity contribution in [3.8, 4) is 0 Å². The van der Waals surface area contributed by atoms with Crippen LogP contribution in [-0.2, 0) is 9.59 Å². The first kappa shape index (κ1) is 8.07. The molecule has 0 aromatic carbocycles. The Labute approximate surface area is 61.8 Å². The van der Waals surface area contributed by atoms with Crippen molar-refractivity contribution in [2.75, 3.05) is 0 Å². The van der Waals surface area contributed by atoms with Crippen LogP contribution < -0.4 is 0 Å². The maximum atomic E-state index is 10.3. The molecule has 0 atom stereocenters. The van der Waals surface area contributed by atoms with Crippen molar-refractivity contribution in [1.29, 1.82) is 0 Å². The molecule has 0 aliphatic heterocycles. The Morgan fingerprint density at radius 2 is 1.38 bits per heavy atom. The number of carbonyl (C=O) groups is 2. The summed E-state index contributed by atoms with van der Waals surface area (Å²) in [6, 6.07) is 0. The van der Waals surface area contributed by atoms with E-state index in [2.05, 4.69) is 0 Å². The van der Waals surface area contributed by atoms with Gasteiger partial charge in [-0.1, -0.05) is 22.6 Å². The highest BCUT2D eigenvalue weighted by atomic mass is 127. The topological polar surface area (TPSA) is 34.1 Å². The van der Waals surface area contributed by atoms with Gasteiger partial charge in [0.15, 0.2) is 15.5 Å². The molecule has 2 nitrogen and oxygen atoms in total. The SMILES string of the molecule is CC(=O)[C](I)C(C)=O. The molecule has 0 aromatic heterocycles. The molecule has 0 amide bonds. The molecule has 0 bridgehead atoms. The first-order valence-electron chi connectivity index (χ1n) is 2.10. The van der Waals surface area contributed by atoms with Crippen molar-refractivity contribution in [2.24, 2.45) is 0 Å². The Morgan fingerprint density at radius 3 is 1.38 bits per heavy atom. The number of carbonyl (C=O) groups excluding carboxylic acids is 2. The van der Waals surface area contributed by atoms with E-state index in [4.69, 9.17) is 0 Å². The van der Waals surface area contributed by atoms with Gasteiger partial charge in [0.05, 0.1) is 0 Å². The van der Waals surface area contributed by atoms with Crippen LogP contribution >= 0.6 is 22.6 Å². The van der Waals surface area contributed by atoms with Crippen LogP contribution in [-0.4, -0.2) is 11.6 Å². The largest absolute Gasteiger partial charge is 0.298 e. The molecule has 0 saturated heterocycles. The van der Waals surface area contributed by atoms with Gasteiger partial charge in [0.1, 0.15) is 0 Å². The van der Waals surface area contributed by atoms with E-state index in [1.807, 2.05) is 0 Å². The monoisotopic (exact) mass is 225 g/mol. The summed E-state index contributed by atoms with van der Waals surface area (Å²) in [4.78, 5) is 20.6. The van der Waals surface area contributed by atoms with E-state index >= 15 is 0 Å². The third kappa shape index (κ3) is 2.40. The van der Waals surface area contributed by atoms with E-state index in [0.717, 1.165) is 0 Å². The number of rotatable bonds is 2. The molecule has 0 spiro atoms. The maximum Gasteiger partial charge on any atom is 0.166 e. The summed E-state index contributed by atoms with van der Waals surface area (Å²) in [5.41, 5.74) is 0. The zero-order valence-corrected chi connectivity index (χ0v) is 6.85. The fraction of sp³-hybridized carbons (Fsp3) is 0.400. The summed E-state index contributed by atoms with van der Waals surface area (Å²) in [7, 11) is 0. The van der Waals surface area contributed by atoms with E-state index in [9.17, 15) is 9.59 Å². The van der Waals surface area contributed by atoms with Crippen molar-refractivity contribution >= 4 is 34.2 Å². The van der Waals surface area contributed by atoms with Crippen LogP contribution in [0.15, 0.2) is 0 Å². The summed E-state index contributed by atoms with van der Waals surface area (Å²) in [5, 5.41) is 0. The summed E-state index contributed by atoms with van der Waals surface area (Å²) in [6.07, 6.45) is 0. The quantitative estimate of drug-likeness (QED) is 0.521. The van der Waals surface area contributed by atoms with E-state index in [-0.39, 0.29) is 11.6 Å². The Balaban J connectivity index is 3.83. The minimum atomic E-state index is -0.155. The standard InChI is InChI=1S/C5H6IO2/c1-3(7)5(6)4(2)8/h1-2H3. The lowest BCUT2D eigenvalue weighted by molar-refractivity contribution is -0.120. The second kappa shape index (κ2) is 3.17. The molecular weight excluding hydrogens is 219 g/mol. The van der Waals surface area contributed by atoms with E-state index in [1.54, 1.807) is 22.6 Å². The third-order valence-corrected chi connectivity index (χ3v) is 2.14. The average molecular weight is 225 g/mol. The normalized spacial score (nSPS) is 9.50. The summed E-state index contributed by atoms with van der Waals surface area (Å²) < 4.78 is 0.294. The average Bonchev–Trinajstić information content (AvgIpc) is 1.64. The molecule has 45 valence electrons. The van der Waals surface area contributed by atoms with Gasteiger partial charge in [-0.15, -0.1) is 0 Å². The maximum absolute atomic E-state index is 10.3. The zero-order valence-electron chi connectivity index (χ0n) is 4.69. The Hall–Kier alpha value is 0.0700. The summed E-state index contributed by atoms with van der Waals surface area (Å²) in [5.74, 6) is -0.309. The lowest BCUT2D eigenvalue weighted by Crippen LogP contribution is -2.08. The van der Waals surface area contributed by atoms with Gasteiger partial charge in [0.25, 0.3) is 0 Å². The molecule has 0 N–H and O–H groups in total. The Kier molecular flexibility index (Phi) is 3.19. The van der Waals surface area contributed by atoms with Gasteiger partial charge in [0.2, 0.25) is 0 Å². The van der Waals surface area contributed by atoms with Crippen LogP contribution in [0.5, 0.6) is 0 Å². The molecule has 0 fully saturated rings. The molecular formula is C5H6IO2. The van der Waals surface area contributed by atoms with Crippen LogP contribution in [0.2, 0.25) is 0 Å². The lowest BCUT2D eigenvalue weighted by Gasteiger charge is -1.94. The van der Waals surface area contributed by atoms with Crippen LogP contribution in [0.3, 0.4) is 0 Å². The minimum Gasteiger partial charge on any atom is -0.298 e. The number of hydrogen-bond acceptors (Lipinski definition) is 2. The van der Waals surface area contributed by atoms with Gasteiger partial charge in [-0.2, -0.15) is 0 Å². The fourth-order valence-electron chi connectivity index (χ4n) is 0.248. The molecule has 0 aromatic rings. The second-order valence-corrected chi connectivity index (χ2v) is 2.51. The van der Waals surface area contributed by atoms with Crippen LogP contribution in [0, 0.1) is 3.92 Å². The summed E-state index contributed by atoms with van der Waals surface area (Å²) in [6.45, 7) is 2.76. The lowest BCUT2D eigenvalue weighted by atomic mass is 10.2. The molecule has 0 aliphatic carbocycles. The molecule has 0 heterocycles. The van der Waals surface area contributed by atoms with Crippen molar-refractivity contribution in [3.05, 3.63) is 3.92 Å². The van der Waals surface area contributed by atoms with Crippen molar-refractivity contribution < 1.29 is 9.59 Å². The molecule has 8 heavy (non-hydrogen) atoms. The number of Topliss-reactive ketones (excluding diaryl/α,β-unsaturated/α-hetero) is 2. The molecule has 1 radical (unpaired) electrons. The smallest absolute Gasteiger partial charge is 0.166 e. The van der Waals surface area contributed by atoms with Gasteiger partial charge in [-0.05, 0) is 13.8 Å². The van der Waals surface area contributed by atoms with Gasteiger partial charge >= 0.3 is 0 Å². The highest BCUT2D eigenvalue weighted by Gasteiger charge is 2.14. The highest BCUT2D eigenvalue weighted by molar-refractivity contribution is 14.1. The van der Waals surface area contributed by atoms with E-state index in [1.165, 1.54) is 13.8 Å². The van der Waals surface area contributed by atoms with Crippen LogP contribution in [0.4, 0.5) is 0 Å². The number of ketones is 2. The van der Waals surface area contributed by atoms with Crippen LogP contribution in [0.1, 0.15) is 13.8 Å². The second-order valence-electron chi connectivity index (χ2n) is 1.43. The van der Waals surface area contributed by atoms with Gasteiger partial charge in [-0.25, -0.2) is 0 Å². The molecule has 0 rings (SSSR count). The Bertz CT molecular complexity index is 106. The predicted octanol–water partition coefficient (Wildman–Crippen LogP) is 1.13. The van der Waals surface area contributed by atoms with Gasteiger partial charge in [-0.3, -0.25) is 9.59 Å². The minimum absolute atomic E-state index is 0.155. The fourth-order valence-corrected chi connectivity index (χ4v) is 0.248. The first-order chi connectivity index (χ1) is 3.55. The highest BCUT2D eigenvalue weighted by Crippen LogP contribution is 2.11. The number of halogens is 1. The molecule has 0 unspecified atom stereocenters. The van der Waals surface area contributed by atoms with E-state index < -0.39 is 0 Å². The number of hydrogen-bond donors (Lipinski definition) is 0. The van der Waals surface area contributed by atoms with E-state index in [0.29, 0.717) is 3.92 Å². The first-order valence-corrected chi connectivity index (χ1v) is 3.18. The molecule has 0 saturated carbocycles. The predicted molar refractivity (Wildman–Crippen MR) is 38.6 cm³/mol. The zero-order chi connectivity index (χ0) is 6.73. The third-order valence-electron chi connectivity index (χ3n) is 0.618. The molecule has 0 aliphatic rings. The van der Waals surface area contributed by atoms with Crippen molar-refractivity contribution in [2.45, 2.75) is 13.8 Å². The molecule has 3 heteroatoms. The van der Waals surface area contributed by atoms with Crippen molar-refractivity contribution in [1.82, 2.24) is 0 Å². The van der Waals surface area contributed by atoms with Gasteiger partial charge in [0, 0.05) is 0 Å². The van der Waals surface area contributed by atoms with Crippen LogP contribution in [0.25, 0.3) is 0 Å². The van der Waals surface area contributed by atoms with Crippen molar-refractivity contribution in [3.63, 3.8) is 0 Å². The van der Waals surface area contributed by atoms with Gasteiger partial charge < -0.3 is 0 Å². The Morgan fingerprint density at radius 1 is 1.12 bits per heavy atom.